The summed E-state index contributed by atoms with van der Waals surface area (Å²) in [6, 6.07) is 15.2. The maximum atomic E-state index is 12.7. The number of benzene rings is 1. The van der Waals surface area contributed by atoms with Gasteiger partial charge in [-0.15, -0.1) is 0 Å². The summed E-state index contributed by atoms with van der Waals surface area (Å²) in [7, 11) is 0. The Hall–Kier alpha value is -2.73. The summed E-state index contributed by atoms with van der Waals surface area (Å²) in [4.78, 5) is 33.1. The highest BCUT2D eigenvalue weighted by Crippen LogP contribution is 2.36. The van der Waals surface area contributed by atoms with Crippen LogP contribution in [-0.2, 0) is 4.79 Å². The molecule has 3 atom stereocenters. The van der Waals surface area contributed by atoms with Gasteiger partial charge < -0.3 is 10.6 Å². The Balaban J connectivity index is 1.37. The highest BCUT2D eigenvalue weighted by Gasteiger charge is 2.50. The highest BCUT2D eigenvalue weighted by molar-refractivity contribution is 5.92. The van der Waals surface area contributed by atoms with E-state index in [1.54, 1.807) is 18.3 Å². The monoisotopic (exact) mass is 377 g/mol. The minimum atomic E-state index is -0.310. The van der Waals surface area contributed by atoms with Gasteiger partial charge in [-0.3, -0.25) is 19.5 Å². The Morgan fingerprint density at radius 1 is 1.07 bits per heavy atom. The van der Waals surface area contributed by atoms with Gasteiger partial charge in [0.2, 0.25) is 5.91 Å². The largest absolute Gasteiger partial charge is 0.368 e. The zero-order valence-electron chi connectivity index (χ0n) is 15.8. The number of carbonyl (C=O) groups excluding carboxylic acids is 2. The number of hydrogen-bond acceptors (Lipinski definition) is 4. The number of hydrogen-bond donors (Lipinski definition) is 1. The van der Waals surface area contributed by atoms with E-state index in [0.29, 0.717) is 18.8 Å². The number of nitrogens with two attached hydrogens (primary N) is 1. The number of likely N-dealkylation sites (tertiary alicyclic amines) is 2. The van der Waals surface area contributed by atoms with Crippen LogP contribution in [-0.4, -0.2) is 58.8 Å². The second-order valence-electron chi connectivity index (χ2n) is 7.59. The summed E-state index contributed by atoms with van der Waals surface area (Å²) in [5, 5.41) is 0. The van der Waals surface area contributed by atoms with Gasteiger partial charge in [0.1, 0.15) is 5.69 Å². The summed E-state index contributed by atoms with van der Waals surface area (Å²) in [6.45, 7) is 2.81. The van der Waals surface area contributed by atoms with Crippen molar-refractivity contribution >= 4 is 11.8 Å². The van der Waals surface area contributed by atoms with Crippen LogP contribution in [0.25, 0.3) is 0 Å². The van der Waals surface area contributed by atoms with Gasteiger partial charge in [0.25, 0.3) is 5.91 Å². The van der Waals surface area contributed by atoms with Crippen LogP contribution in [0.5, 0.6) is 0 Å². The van der Waals surface area contributed by atoms with Gasteiger partial charge in [0.05, 0.1) is 6.04 Å². The Morgan fingerprint density at radius 2 is 1.86 bits per heavy atom. The number of fused-ring (bicyclic) bond motifs is 1. The van der Waals surface area contributed by atoms with Crippen LogP contribution in [0, 0.1) is 18.3 Å². The van der Waals surface area contributed by atoms with Crippen molar-refractivity contribution in [2.45, 2.75) is 12.5 Å². The minimum absolute atomic E-state index is 0.0674. The molecule has 6 nitrogen and oxygen atoms in total. The van der Waals surface area contributed by atoms with Crippen molar-refractivity contribution in [3.05, 3.63) is 72.4 Å². The van der Waals surface area contributed by atoms with E-state index >= 15 is 0 Å². The van der Waals surface area contributed by atoms with Crippen LogP contribution in [0.3, 0.4) is 0 Å². The highest BCUT2D eigenvalue weighted by atomic mass is 16.2. The lowest BCUT2D eigenvalue weighted by Crippen LogP contribution is -2.46. The number of carbonyl (C=O) groups is 2. The Morgan fingerprint density at radius 3 is 2.57 bits per heavy atom. The molecular weight excluding hydrogens is 352 g/mol. The van der Waals surface area contributed by atoms with Gasteiger partial charge in [-0.25, -0.2) is 0 Å². The fourth-order valence-corrected chi connectivity index (χ4v) is 4.56. The van der Waals surface area contributed by atoms with Crippen molar-refractivity contribution in [1.82, 2.24) is 14.8 Å². The third-order valence-corrected chi connectivity index (χ3v) is 5.82. The van der Waals surface area contributed by atoms with Gasteiger partial charge in [-0.1, -0.05) is 36.4 Å². The molecule has 2 aliphatic rings. The van der Waals surface area contributed by atoms with E-state index < -0.39 is 0 Å². The van der Waals surface area contributed by atoms with E-state index in [9.17, 15) is 9.59 Å². The molecule has 2 N–H and O–H groups in total. The molecule has 0 aliphatic carbocycles. The maximum Gasteiger partial charge on any atom is 0.272 e. The lowest BCUT2D eigenvalue weighted by atomic mass is 9.94. The van der Waals surface area contributed by atoms with Crippen LogP contribution in [0.4, 0.5) is 0 Å². The molecule has 3 heterocycles. The number of rotatable bonds is 6. The van der Waals surface area contributed by atoms with Crippen LogP contribution in [0.1, 0.15) is 22.5 Å². The summed E-state index contributed by atoms with van der Waals surface area (Å²) in [5.74, 6) is 0.0188. The molecule has 2 aromatic rings. The molecule has 1 aromatic carbocycles. The average Bonchev–Trinajstić information content (AvgIpc) is 3.26. The van der Waals surface area contributed by atoms with E-state index in [0.717, 1.165) is 19.5 Å². The molecular formula is C22H25N4O2. The molecule has 2 unspecified atom stereocenters. The molecule has 2 aliphatic heterocycles. The lowest BCUT2D eigenvalue weighted by Gasteiger charge is -2.27. The number of amides is 2. The Bertz CT molecular complexity index is 827. The first-order chi connectivity index (χ1) is 13.6. The van der Waals surface area contributed by atoms with Crippen molar-refractivity contribution in [2.75, 3.05) is 26.2 Å². The van der Waals surface area contributed by atoms with E-state index in [-0.39, 0.29) is 29.7 Å². The first-order valence-electron chi connectivity index (χ1n) is 9.75. The molecule has 0 saturated carbocycles. The first-order valence-corrected chi connectivity index (χ1v) is 9.75. The van der Waals surface area contributed by atoms with Crippen molar-refractivity contribution in [3.63, 3.8) is 0 Å². The van der Waals surface area contributed by atoms with Gasteiger partial charge >= 0.3 is 0 Å². The van der Waals surface area contributed by atoms with Gasteiger partial charge in [-0.05, 0) is 43.0 Å². The molecule has 1 aromatic heterocycles. The van der Waals surface area contributed by atoms with Crippen LogP contribution in [0.15, 0.2) is 54.7 Å². The van der Waals surface area contributed by atoms with Gasteiger partial charge in [-0.2, -0.15) is 0 Å². The number of aromatic nitrogens is 1. The number of nitrogens with zero attached hydrogens (tertiary/aromatic N) is 3. The predicted octanol–water partition coefficient (Wildman–Crippen LogP) is 1.58. The average molecular weight is 377 g/mol. The fourth-order valence-electron chi connectivity index (χ4n) is 4.56. The van der Waals surface area contributed by atoms with E-state index in [4.69, 9.17) is 5.73 Å². The molecule has 28 heavy (non-hydrogen) atoms. The number of pyridine rings is 1. The third kappa shape index (κ3) is 3.78. The SMILES string of the molecule is NC(=O)C1[C@@H]2CN(C(=O)c3ccccn3)CC2CN1CC[CH]c1ccccc1. The quantitative estimate of drug-likeness (QED) is 0.829. The zero-order valence-corrected chi connectivity index (χ0v) is 15.8. The lowest BCUT2D eigenvalue weighted by molar-refractivity contribution is -0.123. The molecule has 1 radical (unpaired) electrons. The smallest absolute Gasteiger partial charge is 0.272 e. The minimum Gasteiger partial charge on any atom is -0.368 e. The summed E-state index contributed by atoms with van der Waals surface area (Å²) < 4.78 is 0. The van der Waals surface area contributed by atoms with Crippen molar-refractivity contribution in [2.24, 2.45) is 17.6 Å². The van der Waals surface area contributed by atoms with Gasteiger partial charge in [0, 0.05) is 31.7 Å². The van der Waals surface area contributed by atoms with E-state index in [2.05, 4.69) is 28.4 Å². The van der Waals surface area contributed by atoms with Crippen molar-refractivity contribution < 1.29 is 9.59 Å². The van der Waals surface area contributed by atoms with Crippen LogP contribution in [0.2, 0.25) is 0 Å². The van der Waals surface area contributed by atoms with Crippen molar-refractivity contribution in [1.29, 1.82) is 0 Å². The second-order valence-corrected chi connectivity index (χ2v) is 7.59. The molecule has 145 valence electrons. The molecule has 6 heteroatoms. The maximum absolute atomic E-state index is 12.7. The summed E-state index contributed by atoms with van der Waals surface area (Å²) in [5.41, 5.74) is 7.39. The summed E-state index contributed by atoms with van der Waals surface area (Å²) >= 11 is 0. The molecule has 2 saturated heterocycles. The molecule has 4 rings (SSSR count). The molecule has 2 fully saturated rings. The zero-order chi connectivity index (χ0) is 19.5. The Labute approximate surface area is 165 Å². The number of primary amides is 1. The van der Waals surface area contributed by atoms with Crippen LogP contribution >= 0.6 is 0 Å². The summed E-state index contributed by atoms with van der Waals surface area (Å²) in [6.07, 6.45) is 4.67. The molecule has 2 amide bonds. The first kappa shape index (κ1) is 18.6. The second kappa shape index (κ2) is 8.10. The Kier molecular flexibility index (Phi) is 5.39. The molecule has 0 bridgehead atoms. The fraction of sp³-hybridized carbons (Fsp3) is 0.364. The van der Waals surface area contributed by atoms with Crippen molar-refractivity contribution in [3.8, 4) is 0 Å². The van der Waals surface area contributed by atoms with E-state index in [1.807, 2.05) is 29.2 Å². The third-order valence-electron chi connectivity index (χ3n) is 5.82. The van der Waals surface area contributed by atoms with Crippen LogP contribution < -0.4 is 5.73 Å². The molecule has 0 spiro atoms. The predicted molar refractivity (Wildman–Crippen MR) is 106 cm³/mol. The van der Waals surface area contributed by atoms with Gasteiger partial charge in [0.15, 0.2) is 0 Å². The van der Waals surface area contributed by atoms with E-state index in [1.165, 1.54) is 5.56 Å². The standard InChI is InChI=1S/C22H25N4O2/c23-21(27)20-18-15-26(22(28)19-10-4-5-11-24-19)14-17(18)13-25(20)12-6-9-16-7-2-1-3-8-16/h1-5,7-11,17-18,20H,6,12-15H2,(H2,23,27)/t17?,18-,20?/m1/s1. The topological polar surface area (TPSA) is 79.5 Å². The normalized spacial score (nSPS) is 24.3.